The molecule has 0 spiro atoms. The molecule has 1 aromatic carbocycles. The molecule has 0 aliphatic rings. The van der Waals surface area contributed by atoms with Crippen molar-refractivity contribution < 1.29 is 23.8 Å². The van der Waals surface area contributed by atoms with Crippen LogP contribution in [0.4, 0.5) is 4.79 Å². The fourth-order valence-corrected chi connectivity index (χ4v) is 3.48. The maximum atomic E-state index is 12.7. The van der Waals surface area contributed by atoms with Crippen LogP contribution in [0.5, 0.6) is 0 Å². The maximum Gasteiger partial charge on any atom is 0.410 e. The van der Waals surface area contributed by atoms with Gasteiger partial charge in [-0.25, -0.2) is 9.59 Å². The molecule has 0 radical (unpaired) electrons. The van der Waals surface area contributed by atoms with E-state index in [-0.39, 0.29) is 12.1 Å². The Bertz CT molecular complexity index is 723. The van der Waals surface area contributed by atoms with Crippen molar-refractivity contribution in [3.8, 4) is 0 Å². The summed E-state index contributed by atoms with van der Waals surface area (Å²) >= 11 is 0. The van der Waals surface area contributed by atoms with Crippen LogP contribution in [0.1, 0.15) is 77.8 Å². The fraction of sp³-hybridized carbons (Fsp3) is 0.643. The van der Waals surface area contributed by atoms with Crippen LogP contribution < -0.4 is 0 Å². The van der Waals surface area contributed by atoms with Crippen molar-refractivity contribution in [3.05, 3.63) is 48.0 Å². The van der Waals surface area contributed by atoms with E-state index in [9.17, 15) is 9.59 Å². The van der Waals surface area contributed by atoms with E-state index < -0.39 is 11.7 Å². The van der Waals surface area contributed by atoms with E-state index in [2.05, 4.69) is 13.5 Å². The molecule has 6 nitrogen and oxygen atoms in total. The highest BCUT2D eigenvalue weighted by atomic mass is 16.6. The first kappa shape index (κ1) is 29.7. The second-order valence-corrected chi connectivity index (χ2v) is 9.51. The van der Waals surface area contributed by atoms with Gasteiger partial charge >= 0.3 is 12.1 Å². The van der Waals surface area contributed by atoms with Crippen molar-refractivity contribution in [2.45, 2.75) is 91.3 Å². The summed E-state index contributed by atoms with van der Waals surface area (Å²) in [6.07, 6.45) is 7.63. The molecule has 1 aromatic rings. The molecule has 0 aliphatic carbocycles. The molecule has 34 heavy (non-hydrogen) atoms. The highest BCUT2D eigenvalue weighted by Crippen LogP contribution is 2.14. The quantitative estimate of drug-likeness (QED) is 0.164. The number of hydrogen-bond acceptors (Lipinski definition) is 5. The van der Waals surface area contributed by atoms with E-state index in [1.54, 1.807) is 13.0 Å². The third-order valence-corrected chi connectivity index (χ3v) is 5.26. The lowest BCUT2D eigenvalue weighted by atomic mass is 10.0. The highest BCUT2D eigenvalue weighted by Gasteiger charge is 2.22. The van der Waals surface area contributed by atoms with Gasteiger partial charge in [0, 0.05) is 19.5 Å². The minimum Gasteiger partial charge on any atom is -0.464 e. The zero-order valence-corrected chi connectivity index (χ0v) is 21.9. The third-order valence-electron chi connectivity index (χ3n) is 5.26. The van der Waals surface area contributed by atoms with E-state index in [0.717, 1.165) is 30.4 Å². The molecule has 1 rings (SSSR count). The monoisotopic (exact) mass is 475 g/mol. The lowest BCUT2D eigenvalue weighted by Crippen LogP contribution is -2.38. The predicted molar refractivity (Wildman–Crippen MR) is 137 cm³/mol. The van der Waals surface area contributed by atoms with Crippen molar-refractivity contribution in [1.82, 2.24) is 4.90 Å². The first-order valence-corrected chi connectivity index (χ1v) is 12.6. The number of ether oxygens (including phenoxy) is 3. The molecular weight excluding hydrogens is 430 g/mol. The normalized spacial score (nSPS) is 12.1. The van der Waals surface area contributed by atoms with Crippen LogP contribution in [0.2, 0.25) is 0 Å². The summed E-state index contributed by atoms with van der Waals surface area (Å²) in [6, 6.07) is 8.09. The SMILES string of the molecule is C=CCOC(Cc1ccc(CCN(CCCCCCC)C(=O)OC(C)(C)C)cc1)C(=O)OCC. The van der Waals surface area contributed by atoms with Crippen LogP contribution in [-0.2, 0) is 31.8 Å². The predicted octanol–water partition coefficient (Wildman–Crippen LogP) is 6.11. The number of hydrogen-bond donors (Lipinski definition) is 0. The number of rotatable bonds is 16. The zero-order chi connectivity index (χ0) is 25.4. The second-order valence-electron chi connectivity index (χ2n) is 9.51. The van der Waals surface area contributed by atoms with Gasteiger partial charge in [0.25, 0.3) is 0 Å². The minimum absolute atomic E-state index is 0.253. The van der Waals surface area contributed by atoms with E-state index in [1.165, 1.54) is 19.3 Å². The molecule has 0 saturated heterocycles. The zero-order valence-electron chi connectivity index (χ0n) is 21.9. The molecule has 0 bridgehead atoms. The smallest absolute Gasteiger partial charge is 0.410 e. The van der Waals surface area contributed by atoms with E-state index in [1.807, 2.05) is 49.9 Å². The molecule has 0 N–H and O–H groups in total. The molecule has 0 aliphatic heterocycles. The Kier molecular flexibility index (Phi) is 14.2. The summed E-state index contributed by atoms with van der Waals surface area (Å²) < 4.78 is 16.3. The molecule has 1 atom stereocenters. The van der Waals surface area contributed by atoms with Crippen LogP contribution >= 0.6 is 0 Å². The first-order valence-electron chi connectivity index (χ1n) is 12.6. The van der Waals surface area contributed by atoms with Gasteiger partial charge in [-0.2, -0.15) is 0 Å². The van der Waals surface area contributed by atoms with Crippen LogP contribution in [0.15, 0.2) is 36.9 Å². The number of carbonyl (C=O) groups is 2. The number of unbranched alkanes of at least 4 members (excludes halogenated alkanes) is 4. The lowest BCUT2D eigenvalue weighted by molar-refractivity contribution is -0.155. The average Bonchev–Trinajstić information content (AvgIpc) is 2.78. The van der Waals surface area contributed by atoms with Gasteiger partial charge in [-0.1, -0.05) is 62.9 Å². The Morgan fingerprint density at radius 2 is 1.65 bits per heavy atom. The standard InChI is InChI=1S/C28H45NO5/c1-7-10-11-12-13-19-29(27(31)34-28(4,5)6)20-18-23-14-16-24(17-15-23)22-25(33-21-8-2)26(30)32-9-3/h8,14-17,25H,2,7,9-13,18-22H2,1,3-6H3. The Balaban J connectivity index is 2.71. The molecule has 6 heteroatoms. The van der Waals surface area contributed by atoms with Crippen molar-refractivity contribution in [1.29, 1.82) is 0 Å². The van der Waals surface area contributed by atoms with Gasteiger partial charge in [0.05, 0.1) is 13.2 Å². The summed E-state index contributed by atoms with van der Waals surface area (Å²) in [5, 5.41) is 0. The van der Waals surface area contributed by atoms with Gasteiger partial charge in [0.15, 0.2) is 6.10 Å². The van der Waals surface area contributed by atoms with E-state index in [0.29, 0.717) is 32.7 Å². The summed E-state index contributed by atoms with van der Waals surface area (Å²) in [4.78, 5) is 26.7. The molecule has 0 aromatic heterocycles. The largest absolute Gasteiger partial charge is 0.464 e. The Hall–Kier alpha value is -2.34. The van der Waals surface area contributed by atoms with Gasteiger partial charge in [-0.3, -0.25) is 0 Å². The third kappa shape index (κ3) is 12.8. The van der Waals surface area contributed by atoms with Gasteiger partial charge in [-0.05, 0) is 51.7 Å². The van der Waals surface area contributed by atoms with Crippen molar-refractivity contribution in [2.24, 2.45) is 0 Å². The van der Waals surface area contributed by atoms with Gasteiger partial charge in [0.1, 0.15) is 5.60 Å². The fourth-order valence-electron chi connectivity index (χ4n) is 3.48. The summed E-state index contributed by atoms with van der Waals surface area (Å²) in [7, 11) is 0. The number of benzene rings is 1. The van der Waals surface area contributed by atoms with Crippen LogP contribution in [0.25, 0.3) is 0 Å². The Labute approximate surface area is 206 Å². The Morgan fingerprint density at radius 1 is 1.00 bits per heavy atom. The van der Waals surface area contributed by atoms with Crippen LogP contribution in [0, 0.1) is 0 Å². The van der Waals surface area contributed by atoms with E-state index >= 15 is 0 Å². The number of nitrogens with zero attached hydrogens (tertiary/aromatic N) is 1. The topological polar surface area (TPSA) is 65.1 Å². The first-order chi connectivity index (χ1) is 16.2. The second kappa shape index (κ2) is 16.3. The molecular formula is C28H45NO5. The summed E-state index contributed by atoms with van der Waals surface area (Å²) in [6.45, 7) is 15.2. The van der Waals surface area contributed by atoms with Crippen LogP contribution in [0.3, 0.4) is 0 Å². The Morgan fingerprint density at radius 3 is 2.24 bits per heavy atom. The molecule has 1 amide bonds. The molecule has 0 heterocycles. The van der Waals surface area contributed by atoms with Crippen molar-refractivity contribution in [2.75, 3.05) is 26.3 Å². The van der Waals surface area contributed by atoms with Crippen molar-refractivity contribution >= 4 is 12.1 Å². The van der Waals surface area contributed by atoms with Gasteiger partial charge < -0.3 is 19.1 Å². The number of esters is 1. The summed E-state index contributed by atoms with van der Waals surface area (Å²) in [5.74, 6) is -0.361. The number of carbonyl (C=O) groups excluding carboxylic acids is 2. The average molecular weight is 476 g/mol. The van der Waals surface area contributed by atoms with Gasteiger partial charge in [-0.15, -0.1) is 6.58 Å². The highest BCUT2D eigenvalue weighted by molar-refractivity contribution is 5.75. The summed E-state index contributed by atoms with van der Waals surface area (Å²) in [5.41, 5.74) is 1.61. The number of amides is 1. The van der Waals surface area contributed by atoms with Crippen LogP contribution in [-0.4, -0.2) is 55.0 Å². The maximum absolute atomic E-state index is 12.7. The molecule has 1 unspecified atom stereocenters. The lowest BCUT2D eigenvalue weighted by Gasteiger charge is -2.27. The van der Waals surface area contributed by atoms with Gasteiger partial charge in [0.2, 0.25) is 0 Å². The molecule has 0 fully saturated rings. The molecule has 0 saturated carbocycles. The van der Waals surface area contributed by atoms with E-state index in [4.69, 9.17) is 14.2 Å². The van der Waals surface area contributed by atoms with Crippen molar-refractivity contribution in [3.63, 3.8) is 0 Å². The minimum atomic E-state index is -0.654. The molecule has 192 valence electrons.